The van der Waals surface area contributed by atoms with Gasteiger partial charge in [-0.15, -0.1) is 0 Å². The smallest absolute Gasteiger partial charge is 0.372 e. The molecule has 2 rings (SSSR count). The van der Waals surface area contributed by atoms with Gasteiger partial charge in [0, 0.05) is 18.2 Å². The summed E-state index contributed by atoms with van der Waals surface area (Å²) in [6.45, 7) is 0.357. The molecule has 0 radical (unpaired) electrons. The van der Waals surface area contributed by atoms with Gasteiger partial charge >= 0.3 is 5.97 Å². The fourth-order valence-electron chi connectivity index (χ4n) is 1.97. The summed E-state index contributed by atoms with van der Waals surface area (Å²) in [4.78, 5) is 10.8. The molecule has 4 heteroatoms. The van der Waals surface area contributed by atoms with Crippen LogP contribution >= 0.6 is 0 Å². The molecule has 0 amide bonds. The van der Waals surface area contributed by atoms with Gasteiger partial charge in [-0.1, -0.05) is 0 Å². The van der Waals surface area contributed by atoms with E-state index in [1.165, 1.54) is 0 Å². The summed E-state index contributed by atoms with van der Waals surface area (Å²) in [6, 6.07) is 0. The summed E-state index contributed by atoms with van der Waals surface area (Å²) in [5.41, 5.74) is 1.91. The Morgan fingerprint density at radius 2 is 2.21 bits per heavy atom. The first-order valence-electron chi connectivity index (χ1n) is 4.59. The molecule has 1 heterocycles. The summed E-state index contributed by atoms with van der Waals surface area (Å²) < 4.78 is 10.2. The Hall–Kier alpha value is -1.29. The first-order chi connectivity index (χ1) is 6.74. The summed E-state index contributed by atoms with van der Waals surface area (Å²) >= 11 is 0. The monoisotopic (exact) mass is 196 g/mol. The van der Waals surface area contributed by atoms with Gasteiger partial charge in [0.15, 0.2) is 0 Å². The maximum Gasteiger partial charge on any atom is 0.372 e. The largest absolute Gasteiger partial charge is 0.475 e. The van der Waals surface area contributed by atoms with Crippen LogP contribution in [0.25, 0.3) is 0 Å². The predicted octanol–water partition coefficient (Wildman–Crippen LogP) is 1.61. The number of fused-ring (bicyclic) bond motifs is 1. The van der Waals surface area contributed by atoms with Gasteiger partial charge in [-0.05, 0) is 19.3 Å². The van der Waals surface area contributed by atoms with E-state index in [2.05, 4.69) is 0 Å². The highest BCUT2D eigenvalue weighted by atomic mass is 16.5. The Bertz CT molecular complexity index is 364. The van der Waals surface area contributed by atoms with Gasteiger partial charge in [0.1, 0.15) is 12.4 Å². The van der Waals surface area contributed by atoms with Crippen LogP contribution in [0.5, 0.6) is 0 Å². The van der Waals surface area contributed by atoms with Gasteiger partial charge in [0.25, 0.3) is 0 Å². The van der Waals surface area contributed by atoms with Crippen molar-refractivity contribution in [1.29, 1.82) is 0 Å². The molecule has 0 saturated heterocycles. The maximum atomic E-state index is 10.8. The van der Waals surface area contributed by atoms with Crippen LogP contribution in [-0.2, 0) is 24.2 Å². The average Bonchev–Trinajstić information content (AvgIpc) is 2.67. The van der Waals surface area contributed by atoms with Crippen molar-refractivity contribution in [2.24, 2.45) is 0 Å². The Kier molecular flexibility index (Phi) is 2.29. The molecular weight excluding hydrogens is 184 g/mol. The van der Waals surface area contributed by atoms with E-state index in [4.69, 9.17) is 14.3 Å². The number of furan rings is 1. The van der Waals surface area contributed by atoms with E-state index in [-0.39, 0.29) is 5.76 Å². The molecule has 0 unspecified atom stereocenters. The molecule has 1 aliphatic carbocycles. The van der Waals surface area contributed by atoms with Crippen LogP contribution in [0.3, 0.4) is 0 Å². The molecule has 0 atom stereocenters. The summed E-state index contributed by atoms with van der Waals surface area (Å²) in [5.74, 6) is -0.201. The summed E-state index contributed by atoms with van der Waals surface area (Å²) in [5, 5.41) is 8.90. The van der Waals surface area contributed by atoms with E-state index in [1.807, 2.05) is 0 Å². The second-order valence-electron chi connectivity index (χ2n) is 3.40. The molecule has 0 fully saturated rings. The molecule has 0 aromatic carbocycles. The summed E-state index contributed by atoms with van der Waals surface area (Å²) in [6.07, 6.45) is 2.73. The third-order valence-electron chi connectivity index (χ3n) is 2.52. The first kappa shape index (κ1) is 9.27. The summed E-state index contributed by atoms with van der Waals surface area (Å²) in [7, 11) is 1.57. The number of carboxylic acids is 1. The third kappa shape index (κ3) is 1.32. The molecule has 0 bridgehead atoms. The Morgan fingerprint density at radius 1 is 1.50 bits per heavy atom. The van der Waals surface area contributed by atoms with Crippen LogP contribution in [0.15, 0.2) is 4.42 Å². The van der Waals surface area contributed by atoms with Crippen molar-refractivity contribution in [3.63, 3.8) is 0 Å². The zero-order chi connectivity index (χ0) is 10.1. The Labute approximate surface area is 81.5 Å². The highest BCUT2D eigenvalue weighted by Crippen LogP contribution is 2.31. The number of carboxylic acid groups (broad SMARTS) is 1. The van der Waals surface area contributed by atoms with Crippen molar-refractivity contribution in [1.82, 2.24) is 0 Å². The van der Waals surface area contributed by atoms with Gasteiger partial charge < -0.3 is 14.3 Å². The minimum atomic E-state index is -0.981. The fourth-order valence-corrected chi connectivity index (χ4v) is 1.97. The highest BCUT2D eigenvalue weighted by molar-refractivity contribution is 5.87. The molecule has 1 aromatic rings. The highest BCUT2D eigenvalue weighted by Gasteiger charge is 2.27. The fraction of sp³-hybridized carbons (Fsp3) is 0.500. The Morgan fingerprint density at radius 3 is 2.86 bits per heavy atom. The van der Waals surface area contributed by atoms with Crippen LogP contribution in [-0.4, -0.2) is 18.2 Å². The van der Waals surface area contributed by atoms with Gasteiger partial charge in [0.05, 0.1) is 0 Å². The molecule has 1 aliphatic rings. The molecule has 0 spiro atoms. The zero-order valence-electron chi connectivity index (χ0n) is 8.00. The van der Waals surface area contributed by atoms with Crippen LogP contribution in [0.2, 0.25) is 0 Å². The number of hydrogen-bond acceptors (Lipinski definition) is 3. The lowest BCUT2D eigenvalue weighted by Crippen LogP contribution is -1.97. The molecule has 76 valence electrons. The van der Waals surface area contributed by atoms with E-state index in [9.17, 15) is 4.79 Å². The topological polar surface area (TPSA) is 59.7 Å². The van der Waals surface area contributed by atoms with Crippen LogP contribution in [0.1, 0.15) is 33.9 Å². The van der Waals surface area contributed by atoms with Gasteiger partial charge in [-0.25, -0.2) is 4.79 Å². The lowest BCUT2D eigenvalue weighted by molar-refractivity contribution is 0.0653. The molecule has 0 aliphatic heterocycles. The first-order valence-corrected chi connectivity index (χ1v) is 4.59. The SMILES string of the molecule is COCc1oc(C(=O)O)c2c1CCC2. The number of carbonyl (C=O) groups is 1. The molecule has 0 saturated carbocycles. The minimum Gasteiger partial charge on any atom is -0.475 e. The quantitative estimate of drug-likeness (QED) is 0.797. The standard InChI is InChI=1S/C10H12O4/c1-13-5-8-6-3-2-4-7(6)9(14-8)10(11)12/h2-5H2,1H3,(H,11,12). The van der Waals surface area contributed by atoms with E-state index >= 15 is 0 Å². The van der Waals surface area contributed by atoms with E-state index in [0.717, 1.165) is 30.4 Å². The van der Waals surface area contributed by atoms with E-state index in [0.29, 0.717) is 12.4 Å². The third-order valence-corrected chi connectivity index (χ3v) is 2.52. The van der Waals surface area contributed by atoms with Gasteiger partial charge in [-0.2, -0.15) is 0 Å². The molecule has 1 N–H and O–H groups in total. The number of hydrogen-bond donors (Lipinski definition) is 1. The zero-order valence-corrected chi connectivity index (χ0v) is 8.00. The minimum absolute atomic E-state index is 0.101. The average molecular weight is 196 g/mol. The van der Waals surface area contributed by atoms with E-state index < -0.39 is 5.97 Å². The van der Waals surface area contributed by atoms with Gasteiger partial charge in [-0.3, -0.25) is 0 Å². The molecular formula is C10H12O4. The van der Waals surface area contributed by atoms with Crippen molar-refractivity contribution in [3.05, 3.63) is 22.6 Å². The van der Waals surface area contributed by atoms with Crippen molar-refractivity contribution >= 4 is 5.97 Å². The Balaban J connectivity index is 2.44. The molecule has 14 heavy (non-hydrogen) atoms. The van der Waals surface area contributed by atoms with Crippen LogP contribution < -0.4 is 0 Å². The lowest BCUT2D eigenvalue weighted by Gasteiger charge is -1.96. The number of methoxy groups -OCH3 is 1. The molecule has 1 aromatic heterocycles. The number of ether oxygens (including phenoxy) is 1. The maximum absolute atomic E-state index is 10.8. The number of aromatic carboxylic acids is 1. The van der Waals surface area contributed by atoms with Crippen LogP contribution in [0.4, 0.5) is 0 Å². The number of rotatable bonds is 3. The normalized spacial score (nSPS) is 14.4. The van der Waals surface area contributed by atoms with Crippen LogP contribution in [0, 0.1) is 0 Å². The van der Waals surface area contributed by atoms with Crippen molar-refractivity contribution in [2.45, 2.75) is 25.9 Å². The second-order valence-corrected chi connectivity index (χ2v) is 3.40. The lowest BCUT2D eigenvalue weighted by atomic mass is 10.1. The van der Waals surface area contributed by atoms with Gasteiger partial charge in [0.2, 0.25) is 5.76 Å². The van der Waals surface area contributed by atoms with Crippen molar-refractivity contribution < 1.29 is 19.1 Å². The van der Waals surface area contributed by atoms with E-state index in [1.54, 1.807) is 7.11 Å². The predicted molar refractivity (Wildman–Crippen MR) is 48.4 cm³/mol. The van der Waals surface area contributed by atoms with Crippen molar-refractivity contribution in [2.75, 3.05) is 7.11 Å². The molecule has 4 nitrogen and oxygen atoms in total. The van der Waals surface area contributed by atoms with Crippen molar-refractivity contribution in [3.8, 4) is 0 Å². The second kappa shape index (κ2) is 3.46.